The van der Waals surface area contributed by atoms with E-state index < -0.39 is 11.8 Å². The third kappa shape index (κ3) is 2.82. The van der Waals surface area contributed by atoms with Crippen LogP contribution in [0.2, 0.25) is 0 Å². The number of carbonyl (C=O) groups is 2. The second-order valence-electron chi connectivity index (χ2n) is 9.58. The van der Waals surface area contributed by atoms with E-state index in [-0.39, 0.29) is 10.8 Å². The van der Waals surface area contributed by atoms with Crippen molar-refractivity contribution in [2.45, 2.75) is 84.3 Å². The van der Waals surface area contributed by atoms with Gasteiger partial charge in [0.1, 0.15) is 5.78 Å². The number of rotatable bonds is 0. The maximum absolute atomic E-state index is 12.4. The molecule has 0 spiro atoms. The first-order valence-corrected chi connectivity index (χ1v) is 10.2. The lowest BCUT2D eigenvalue weighted by atomic mass is 9.44. The monoisotopic (exact) mass is 366 g/mol. The predicted octanol–water partition coefficient (Wildman–Crippen LogP) is 3.37. The number of ketones is 1. The van der Waals surface area contributed by atoms with Crippen LogP contribution in [0, 0.1) is 34.5 Å². The molecule has 5 heteroatoms. The minimum Gasteiger partial charge on any atom is -0.481 e. The molecule has 4 fully saturated rings. The van der Waals surface area contributed by atoms with Crippen LogP contribution < -0.4 is 0 Å². The molecule has 0 aliphatic heterocycles. The van der Waals surface area contributed by atoms with Crippen molar-refractivity contribution >= 4 is 11.8 Å². The van der Waals surface area contributed by atoms with E-state index in [4.69, 9.17) is 9.90 Å². The summed E-state index contributed by atoms with van der Waals surface area (Å²) in [5.41, 5.74) is -0.492. The number of aliphatic carboxylic acids is 1. The third-order valence-corrected chi connectivity index (χ3v) is 8.55. The number of hydrogen-bond acceptors (Lipinski definition) is 4. The largest absolute Gasteiger partial charge is 0.481 e. The van der Waals surface area contributed by atoms with Crippen molar-refractivity contribution in [2.75, 3.05) is 0 Å². The van der Waals surface area contributed by atoms with Crippen LogP contribution in [0.1, 0.15) is 78.6 Å². The number of carboxylic acid groups (broad SMARTS) is 1. The van der Waals surface area contributed by atoms with E-state index in [1.165, 1.54) is 6.42 Å². The first kappa shape index (κ1) is 19.8. The summed E-state index contributed by atoms with van der Waals surface area (Å²) in [6, 6.07) is 0. The summed E-state index contributed by atoms with van der Waals surface area (Å²) in [7, 11) is 0. The topological polar surface area (TPSA) is 94.8 Å². The normalized spacial score (nSPS) is 46.3. The minimum atomic E-state index is -1.52. The van der Waals surface area contributed by atoms with Crippen molar-refractivity contribution < 1.29 is 24.9 Å². The van der Waals surface area contributed by atoms with E-state index in [0.29, 0.717) is 35.9 Å². The van der Waals surface area contributed by atoms with Gasteiger partial charge in [-0.25, -0.2) is 0 Å². The number of hydrogen-bond donors (Lipinski definition) is 3. The summed E-state index contributed by atoms with van der Waals surface area (Å²) < 4.78 is 0. The summed E-state index contributed by atoms with van der Waals surface area (Å²) in [5, 5.41) is 29.0. The Hall–Kier alpha value is -0.940. The summed E-state index contributed by atoms with van der Waals surface area (Å²) in [4.78, 5) is 21.4. The minimum absolute atomic E-state index is 0.118. The second-order valence-corrected chi connectivity index (χ2v) is 9.58. The molecule has 148 valence electrons. The van der Waals surface area contributed by atoms with Gasteiger partial charge < -0.3 is 15.3 Å². The molecule has 0 aromatic carbocycles. The lowest BCUT2D eigenvalue weighted by Crippen LogP contribution is -2.63. The van der Waals surface area contributed by atoms with Crippen molar-refractivity contribution in [3.05, 3.63) is 0 Å². The van der Waals surface area contributed by atoms with Crippen LogP contribution in [0.5, 0.6) is 0 Å². The molecule has 6 atom stereocenters. The van der Waals surface area contributed by atoms with Gasteiger partial charge >= 0.3 is 0 Å². The molecule has 4 saturated carbocycles. The molecule has 4 aliphatic rings. The van der Waals surface area contributed by atoms with Gasteiger partial charge in [-0.3, -0.25) is 9.59 Å². The van der Waals surface area contributed by atoms with Gasteiger partial charge in [0.25, 0.3) is 5.97 Å². The van der Waals surface area contributed by atoms with Crippen LogP contribution in [0.4, 0.5) is 0 Å². The van der Waals surface area contributed by atoms with Crippen LogP contribution in [0.25, 0.3) is 0 Å². The lowest BCUT2D eigenvalue weighted by Gasteiger charge is -2.63. The van der Waals surface area contributed by atoms with Crippen molar-refractivity contribution in [2.24, 2.45) is 34.5 Å². The molecule has 0 aromatic heterocycles. The Morgan fingerprint density at radius 1 is 1.00 bits per heavy atom. The Labute approximate surface area is 156 Å². The molecule has 0 aromatic rings. The van der Waals surface area contributed by atoms with Crippen molar-refractivity contribution in [3.8, 4) is 0 Å². The second kappa shape index (κ2) is 6.59. The number of Topliss-reactive ketones (excluding diaryl/α,β-unsaturated/α-hetero) is 1. The highest BCUT2D eigenvalue weighted by Gasteiger charge is 2.65. The van der Waals surface area contributed by atoms with Crippen LogP contribution in [0.3, 0.4) is 0 Å². The highest BCUT2D eigenvalue weighted by atomic mass is 16.5. The number of fused-ring (bicyclic) bond motifs is 5. The zero-order valence-electron chi connectivity index (χ0n) is 16.3. The molecule has 4 aliphatic carbocycles. The SMILES string of the molecule is CC(=O)O.C[C@@]12C(CCCC1(O)O)CC[C@@H]1[C@@H]2CC[C@]2(C)C(=O)CC[C@@H]12. The zero-order chi connectivity index (χ0) is 19.3. The predicted molar refractivity (Wildman–Crippen MR) is 97.2 cm³/mol. The number of aliphatic hydroxyl groups is 2. The molecule has 0 radical (unpaired) electrons. The van der Waals surface area contributed by atoms with Gasteiger partial charge in [-0.15, -0.1) is 0 Å². The van der Waals surface area contributed by atoms with E-state index in [1.54, 1.807) is 0 Å². The van der Waals surface area contributed by atoms with Crippen LogP contribution in [0.15, 0.2) is 0 Å². The van der Waals surface area contributed by atoms with Crippen molar-refractivity contribution in [3.63, 3.8) is 0 Å². The molecule has 4 rings (SSSR count). The molecular formula is C21H34O5. The third-order valence-electron chi connectivity index (χ3n) is 8.55. The first-order valence-electron chi connectivity index (χ1n) is 10.2. The molecule has 0 bridgehead atoms. The maximum Gasteiger partial charge on any atom is 0.300 e. The average Bonchev–Trinajstić information content (AvgIpc) is 2.83. The van der Waals surface area contributed by atoms with Gasteiger partial charge in [-0.05, 0) is 68.6 Å². The van der Waals surface area contributed by atoms with Crippen LogP contribution >= 0.6 is 0 Å². The Bertz CT molecular complexity index is 581. The highest BCUT2D eigenvalue weighted by Crippen LogP contribution is 2.67. The first-order chi connectivity index (χ1) is 12.0. The summed E-state index contributed by atoms with van der Waals surface area (Å²) >= 11 is 0. The van der Waals surface area contributed by atoms with Gasteiger partial charge in [0.15, 0.2) is 5.79 Å². The van der Waals surface area contributed by atoms with E-state index in [1.807, 2.05) is 0 Å². The van der Waals surface area contributed by atoms with Gasteiger partial charge in [0, 0.05) is 30.6 Å². The fourth-order valence-electron chi connectivity index (χ4n) is 7.13. The fourth-order valence-corrected chi connectivity index (χ4v) is 7.13. The molecule has 26 heavy (non-hydrogen) atoms. The molecule has 0 saturated heterocycles. The summed E-state index contributed by atoms with van der Waals surface area (Å²) in [6.07, 6.45) is 8.62. The van der Waals surface area contributed by atoms with Gasteiger partial charge in [0.2, 0.25) is 0 Å². The molecule has 1 unspecified atom stereocenters. The Morgan fingerprint density at radius 3 is 2.31 bits per heavy atom. The summed E-state index contributed by atoms with van der Waals surface area (Å²) in [6.45, 7) is 5.41. The lowest BCUT2D eigenvalue weighted by molar-refractivity contribution is -0.312. The molecular weight excluding hydrogens is 332 g/mol. The summed E-state index contributed by atoms with van der Waals surface area (Å²) in [5.74, 6) is -0.0663. The fraction of sp³-hybridized carbons (Fsp3) is 0.905. The van der Waals surface area contributed by atoms with Gasteiger partial charge in [0.05, 0.1) is 0 Å². The van der Waals surface area contributed by atoms with E-state index in [9.17, 15) is 15.0 Å². The van der Waals surface area contributed by atoms with Crippen LogP contribution in [-0.4, -0.2) is 32.9 Å². The quantitative estimate of drug-likeness (QED) is 0.571. The Morgan fingerprint density at radius 2 is 1.65 bits per heavy atom. The Kier molecular flexibility index (Phi) is 5.02. The van der Waals surface area contributed by atoms with Crippen LogP contribution in [-0.2, 0) is 9.59 Å². The van der Waals surface area contributed by atoms with Gasteiger partial charge in [-0.2, -0.15) is 0 Å². The molecule has 0 amide bonds. The highest BCUT2D eigenvalue weighted by molar-refractivity contribution is 5.87. The number of carboxylic acids is 1. The molecule has 0 heterocycles. The standard InChI is InChI=1S/C19H30O3.C2H4O2/c1-17-11-9-15-13(14(17)7-8-16(17)20)6-5-12-4-3-10-19(21,22)18(12,15)2;1-2(3)4/h12-15,21-22H,3-11H2,1-2H3;1H3,(H,3,4)/t12?,13-,14-,15-,17-,18-;/m0./s1. The zero-order valence-corrected chi connectivity index (χ0v) is 16.3. The average molecular weight is 366 g/mol. The van der Waals surface area contributed by atoms with E-state index in [2.05, 4.69) is 13.8 Å². The van der Waals surface area contributed by atoms with E-state index in [0.717, 1.165) is 51.9 Å². The van der Waals surface area contributed by atoms with Gasteiger partial charge in [-0.1, -0.05) is 13.8 Å². The van der Waals surface area contributed by atoms with Crippen molar-refractivity contribution in [1.29, 1.82) is 0 Å². The maximum atomic E-state index is 12.4. The van der Waals surface area contributed by atoms with E-state index >= 15 is 0 Å². The Balaban J connectivity index is 0.000000447. The van der Waals surface area contributed by atoms with Crippen molar-refractivity contribution in [1.82, 2.24) is 0 Å². The molecule has 5 nitrogen and oxygen atoms in total. The molecule has 3 N–H and O–H groups in total. The smallest absolute Gasteiger partial charge is 0.300 e. The number of carbonyl (C=O) groups excluding carboxylic acids is 1.